The van der Waals surface area contributed by atoms with Gasteiger partial charge in [-0.15, -0.1) is 0 Å². The Morgan fingerprint density at radius 2 is 2.14 bits per heavy atom. The number of ether oxygens (including phenoxy) is 2. The van der Waals surface area contributed by atoms with Crippen molar-refractivity contribution < 1.29 is 19.4 Å². The third-order valence-corrected chi connectivity index (χ3v) is 3.91. The highest BCUT2D eigenvalue weighted by molar-refractivity contribution is 5.81. The SMILES string of the molecule is CC(Oc1ccccc1C(C)C)C(=O)N1CCOCC1CO. The molecule has 1 aliphatic rings. The van der Waals surface area contributed by atoms with Gasteiger partial charge in [-0.2, -0.15) is 0 Å². The van der Waals surface area contributed by atoms with E-state index in [2.05, 4.69) is 13.8 Å². The number of para-hydroxylation sites is 1. The molecule has 22 heavy (non-hydrogen) atoms. The van der Waals surface area contributed by atoms with Crippen LogP contribution in [-0.4, -0.2) is 54.4 Å². The van der Waals surface area contributed by atoms with E-state index in [9.17, 15) is 9.90 Å². The number of nitrogens with zero attached hydrogens (tertiary/aromatic N) is 1. The number of hydrogen-bond donors (Lipinski definition) is 1. The first-order valence-electron chi connectivity index (χ1n) is 7.79. The zero-order valence-corrected chi connectivity index (χ0v) is 13.5. The van der Waals surface area contributed by atoms with Gasteiger partial charge in [-0.3, -0.25) is 4.79 Å². The van der Waals surface area contributed by atoms with E-state index in [0.29, 0.717) is 25.7 Å². The summed E-state index contributed by atoms with van der Waals surface area (Å²) in [6.07, 6.45) is -0.591. The van der Waals surface area contributed by atoms with Gasteiger partial charge in [-0.05, 0) is 24.5 Å². The Morgan fingerprint density at radius 1 is 1.41 bits per heavy atom. The van der Waals surface area contributed by atoms with Crippen LogP contribution >= 0.6 is 0 Å². The number of aliphatic hydroxyl groups is 1. The molecule has 0 saturated carbocycles. The fourth-order valence-electron chi connectivity index (χ4n) is 2.64. The number of benzene rings is 1. The highest BCUT2D eigenvalue weighted by Gasteiger charge is 2.31. The van der Waals surface area contributed by atoms with E-state index >= 15 is 0 Å². The van der Waals surface area contributed by atoms with Crippen LogP contribution < -0.4 is 4.74 Å². The van der Waals surface area contributed by atoms with Crippen LogP contribution in [0.15, 0.2) is 24.3 Å². The Hall–Kier alpha value is -1.59. The van der Waals surface area contributed by atoms with Gasteiger partial charge < -0.3 is 19.5 Å². The fraction of sp³-hybridized carbons (Fsp3) is 0.588. The summed E-state index contributed by atoms with van der Waals surface area (Å²) in [6.45, 7) is 7.21. The maximum atomic E-state index is 12.6. The average Bonchev–Trinajstić information content (AvgIpc) is 2.54. The summed E-state index contributed by atoms with van der Waals surface area (Å²) >= 11 is 0. The molecule has 2 rings (SSSR count). The molecule has 1 aromatic rings. The van der Waals surface area contributed by atoms with Gasteiger partial charge in [0.05, 0.1) is 25.9 Å². The van der Waals surface area contributed by atoms with Crippen molar-refractivity contribution in [1.82, 2.24) is 4.90 Å². The summed E-state index contributed by atoms with van der Waals surface area (Å²) < 4.78 is 11.2. The zero-order chi connectivity index (χ0) is 16.1. The second-order valence-electron chi connectivity index (χ2n) is 5.90. The maximum absolute atomic E-state index is 12.6. The highest BCUT2D eigenvalue weighted by Crippen LogP contribution is 2.27. The number of morpholine rings is 1. The van der Waals surface area contributed by atoms with E-state index in [1.54, 1.807) is 11.8 Å². The minimum atomic E-state index is -0.591. The molecule has 0 aliphatic carbocycles. The highest BCUT2D eigenvalue weighted by atomic mass is 16.5. The van der Waals surface area contributed by atoms with Gasteiger partial charge in [0.25, 0.3) is 5.91 Å². The molecule has 2 atom stereocenters. The second-order valence-corrected chi connectivity index (χ2v) is 5.90. The van der Waals surface area contributed by atoms with Gasteiger partial charge >= 0.3 is 0 Å². The molecule has 2 unspecified atom stereocenters. The molecule has 0 bridgehead atoms. The van der Waals surface area contributed by atoms with Gasteiger partial charge in [0.15, 0.2) is 6.10 Å². The monoisotopic (exact) mass is 307 g/mol. The Morgan fingerprint density at radius 3 is 2.82 bits per heavy atom. The molecular formula is C17H25NO4. The zero-order valence-electron chi connectivity index (χ0n) is 13.5. The van der Waals surface area contributed by atoms with Crippen molar-refractivity contribution in [2.24, 2.45) is 0 Å². The Kier molecular flexibility index (Phi) is 5.80. The van der Waals surface area contributed by atoms with E-state index in [-0.39, 0.29) is 18.6 Å². The largest absolute Gasteiger partial charge is 0.481 e. The lowest BCUT2D eigenvalue weighted by molar-refractivity contribution is -0.148. The van der Waals surface area contributed by atoms with Crippen LogP contribution in [0.4, 0.5) is 0 Å². The average molecular weight is 307 g/mol. The van der Waals surface area contributed by atoms with Crippen LogP contribution in [0.25, 0.3) is 0 Å². The van der Waals surface area contributed by atoms with E-state index in [4.69, 9.17) is 9.47 Å². The van der Waals surface area contributed by atoms with Crippen LogP contribution in [0.1, 0.15) is 32.3 Å². The number of carbonyl (C=O) groups excluding carboxylic acids is 1. The smallest absolute Gasteiger partial charge is 0.263 e. The summed E-state index contributed by atoms with van der Waals surface area (Å²) in [7, 11) is 0. The minimum absolute atomic E-state index is 0.0962. The molecule has 122 valence electrons. The van der Waals surface area contributed by atoms with E-state index in [1.807, 2.05) is 24.3 Å². The van der Waals surface area contributed by atoms with Gasteiger partial charge in [0, 0.05) is 6.54 Å². The second kappa shape index (κ2) is 7.61. The van der Waals surface area contributed by atoms with Crippen molar-refractivity contribution >= 4 is 5.91 Å². The van der Waals surface area contributed by atoms with Gasteiger partial charge in [-0.1, -0.05) is 32.0 Å². The number of hydrogen-bond acceptors (Lipinski definition) is 4. The van der Waals surface area contributed by atoms with Crippen LogP contribution in [0.5, 0.6) is 5.75 Å². The molecule has 1 saturated heterocycles. The molecular weight excluding hydrogens is 282 g/mol. The predicted octanol–water partition coefficient (Wildman–Crippen LogP) is 1.80. The van der Waals surface area contributed by atoms with E-state index in [0.717, 1.165) is 11.3 Å². The molecule has 0 aromatic heterocycles. The van der Waals surface area contributed by atoms with Crippen LogP contribution in [0.3, 0.4) is 0 Å². The Balaban J connectivity index is 2.08. The predicted molar refractivity (Wildman–Crippen MR) is 84.0 cm³/mol. The first kappa shape index (κ1) is 16.8. The van der Waals surface area contributed by atoms with E-state index < -0.39 is 6.10 Å². The van der Waals surface area contributed by atoms with Crippen molar-refractivity contribution in [3.8, 4) is 5.75 Å². The quantitative estimate of drug-likeness (QED) is 0.901. The lowest BCUT2D eigenvalue weighted by atomic mass is 10.0. The van der Waals surface area contributed by atoms with Crippen LogP contribution in [0, 0.1) is 0 Å². The first-order valence-corrected chi connectivity index (χ1v) is 7.79. The summed E-state index contributed by atoms with van der Waals surface area (Å²) in [5.74, 6) is 0.958. The Bertz CT molecular complexity index is 503. The molecule has 1 aliphatic heterocycles. The molecule has 5 nitrogen and oxygen atoms in total. The molecule has 1 heterocycles. The lowest BCUT2D eigenvalue weighted by Crippen LogP contribution is -2.54. The first-order chi connectivity index (χ1) is 10.5. The van der Waals surface area contributed by atoms with Gasteiger partial charge in [0.2, 0.25) is 0 Å². The summed E-state index contributed by atoms with van der Waals surface area (Å²) in [5, 5.41) is 9.38. The number of aliphatic hydroxyl groups excluding tert-OH is 1. The Labute approximate surface area is 131 Å². The van der Waals surface area contributed by atoms with Gasteiger partial charge in [0.1, 0.15) is 5.75 Å². The van der Waals surface area contributed by atoms with Gasteiger partial charge in [-0.25, -0.2) is 0 Å². The topological polar surface area (TPSA) is 59.0 Å². The molecule has 1 amide bonds. The molecule has 5 heteroatoms. The normalized spacial score (nSPS) is 20.0. The molecule has 0 spiro atoms. The maximum Gasteiger partial charge on any atom is 0.263 e. The van der Waals surface area contributed by atoms with Crippen molar-refractivity contribution in [2.75, 3.05) is 26.4 Å². The van der Waals surface area contributed by atoms with Crippen molar-refractivity contribution in [3.05, 3.63) is 29.8 Å². The fourth-order valence-corrected chi connectivity index (χ4v) is 2.64. The molecule has 1 aromatic carbocycles. The molecule has 1 fully saturated rings. The van der Waals surface area contributed by atoms with E-state index in [1.165, 1.54) is 0 Å². The van der Waals surface area contributed by atoms with Crippen molar-refractivity contribution in [3.63, 3.8) is 0 Å². The van der Waals surface area contributed by atoms with Crippen LogP contribution in [-0.2, 0) is 9.53 Å². The number of amides is 1. The minimum Gasteiger partial charge on any atom is -0.481 e. The summed E-state index contributed by atoms with van der Waals surface area (Å²) in [4.78, 5) is 14.2. The molecule has 1 N–H and O–H groups in total. The number of rotatable bonds is 5. The summed E-state index contributed by atoms with van der Waals surface area (Å²) in [6, 6.07) is 7.50. The standard InChI is InChI=1S/C17H25NO4/c1-12(2)15-6-4-5-7-16(15)22-13(3)17(20)18-8-9-21-11-14(18)10-19/h4-7,12-14,19H,8-11H2,1-3H3. The van der Waals surface area contributed by atoms with Crippen LogP contribution in [0.2, 0.25) is 0 Å². The molecule has 0 radical (unpaired) electrons. The lowest BCUT2D eigenvalue weighted by Gasteiger charge is -2.36. The van der Waals surface area contributed by atoms with Crippen molar-refractivity contribution in [1.29, 1.82) is 0 Å². The third-order valence-electron chi connectivity index (χ3n) is 3.91. The third kappa shape index (κ3) is 3.78. The van der Waals surface area contributed by atoms with Crippen molar-refractivity contribution in [2.45, 2.75) is 38.8 Å². The summed E-state index contributed by atoms with van der Waals surface area (Å²) in [5.41, 5.74) is 1.09. The number of carbonyl (C=O) groups is 1.